The Bertz CT molecular complexity index is 1120. The van der Waals surface area contributed by atoms with E-state index in [4.69, 9.17) is 4.74 Å². The normalized spacial score (nSPS) is 13.9. The number of aliphatic hydroxyl groups is 2. The van der Waals surface area contributed by atoms with Gasteiger partial charge in [-0.1, -0.05) is 222 Å². The van der Waals surface area contributed by atoms with E-state index in [0.717, 1.165) is 83.5 Å². The van der Waals surface area contributed by atoms with Gasteiger partial charge in [0.25, 0.3) is 0 Å². The molecule has 0 saturated carbocycles. The summed E-state index contributed by atoms with van der Waals surface area (Å²) in [6.45, 7) is 6.36. The van der Waals surface area contributed by atoms with Gasteiger partial charge in [0.05, 0.1) is 25.2 Å². The number of ether oxygens (including phenoxy) is 1. The van der Waals surface area contributed by atoms with Gasteiger partial charge in [0, 0.05) is 6.42 Å². The Balaban J connectivity index is 4.73. The van der Waals surface area contributed by atoms with Crippen molar-refractivity contribution in [2.45, 2.75) is 251 Å². The van der Waals surface area contributed by atoms with E-state index in [1.165, 1.54) is 103 Å². The fourth-order valence-corrected chi connectivity index (χ4v) is 7.28. The van der Waals surface area contributed by atoms with Crippen LogP contribution in [0, 0.1) is 0 Å². The van der Waals surface area contributed by atoms with E-state index in [-0.39, 0.29) is 24.9 Å². The first-order chi connectivity index (χ1) is 29.5. The molecule has 1 amide bonds. The lowest BCUT2D eigenvalue weighted by atomic mass is 10.0. The van der Waals surface area contributed by atoms with E-state index in [0.29, 0.717) is 19.3 Å². The highest BCUT2D eigenvalue weighted by Gasteiger charge is 2.24. The van der Waals surface area contributed by atoms with Gasteiger partial charge in [0.2, 0.25) is 5.91 Å². The summed E-state index contributed by atoms with van der Waals surface area (Å²) in [5.41, 5.74) is 0. The molecule has 0 aliphatic rings. The van der Waals surface area contributed by atoms with E-state index in [2.05, 4.69) is 62.5 Å². The summed E-state index contributed by atoms with van der Waals surface area (Å²) >= 11 is 0. The zero-order chi connectivity index (χ0) is 43.8. The van der Waals surface area contributed by atoms with E-state index in [9.17, 15) is 19.8 Å². The van der Waals surface area contributed by atoms with Crippen molar-refractivity contribution in [3.05, 3.63) is 72.9 Å². The highest BCUT2D eigenvalue weighted by Crippen LogP contribution is 2.17. The molecule has 346 valence electrons. The summed E-state index contributed by atoms with van der Waals surface area (Å²) in [6.07, 6.45) is 59.5. The van der Waals surface area contributed by atoms with Gasteiger partial charge in [0.1, 0.15) is 6.10 Å². The van der Waals surface area contributed by atoms with Crippen LogP contribution in [0.15, 0.2) is 72.9 Å². The number of rotatable bonds is 44. The van der Waals surface area contributed by atoms with Crippen molar-refractivity contribution in [1.29, 1.82) is 0 Å². The van der Waals surface area contributed by atoms with E-state index >= 15 is 0 Å². The lowest BCUT2D eigenvalue weighted by molar-refractivity contribution is -0.151. The minimum atomic E-state index is -0.804. The summed E-state index contributed by atoms with van der Waals surface area (Å²) < 4.78 is 5.90. The van der Waals surface area contributed by atoms with Crippen molar-refractivity contribution in [3.8, 4) is 0 Å². The molecule has 0 fully saturated rings. The maximum atomic E-state index is 13.2. The summed E-state index contributed by atoms with van der Waals surface area (Å²) in [6, 6.07) is -0.720. The molecule has 0 saturated heterocycles. The quantitative estimate of drug-likeness (QED) is 0.0246. The third kappa shape index (κ3) is 42.0. The number of hydrogen-bond donors (Lipinski definition) is 3. The average molecular weight is 838 g/mol. The Morgan fingerprint density at radius 2 is 0.900 bits per heavy atom. The third-order valence-electron chi connectivity index (χ3n) is 11.1. The van der Waals surface area contributed by atoms with Crippen LogP contribution in [0.3, 0.4) is 0 Å². The Hall–Kier alpha value is -2.70. The molecule has 0 bridgehead atoms. The lowest BCUT2D eigenvalue weighted by Crippen LogP contribution is -2.46. The molecule has 6 nitrogen and oxygen atoms in total. The molecule has 3 N–H and O–H groups in total. The van der Waals surface area contributed by atoms with E-state index < -0.39 is 18.2 Å². The molecule has 0 aromatic heterocycles. The fraction of sp³-hybridized carbons (Fsp3) is 0.741. The van der Waals surface area contributed by atoms with Crippen LogP contribution >= 0.6 is 0 Å². The Morgan fingerprint density at radius 3 is 1.42 bits per heavy atom. The lowest BCUT2D eigenvalue weighted by Gasteiger charge is -2.24. The molecule has 3 atom stereocenters. The zero-order valence-corrected chi connectivity index (χ0v) is 39.3. The van der Waals surface area contributed by atoms with E-state index in [1.54, 1.807) is 0 Å². The van der Waals surface area contributed by atoms with Gasteiger partial charge < -0.3 is 20.3 Å². The summed E-state index contributed by atoms with van der Waals surface area (Å²) in [7, 11) is 0. The summed E-state index contributed by atoms with van der Waals surface area (Å²) in [4.78, 5) is 26.1. The van der Waals surface area contributed by atoms with Gasteiger partial charge in [-0.3, -0.25) is 9.59 Å². The van der Waals surface area contributed by atoms with Crippen molar-refractivity contribution in [2.24, 2.45) is 0 Å². The molecule has 0 aromatic carbocycles. The predicted octanol–water partition coefficient (Wildman–Crippen LogP) is 15.0. The number of carbonyl (C=O) groups excluding carboxylic acids is 2. The topological polar surface area (TPSA) is 95.9 Å². The smallest absolute Gasteiger partial charge is 0.306 e. The molecule has 0 rings (SSSR count). The Labute approximate surface area is 371 Å². The van der Waals surface area contributed by atoms with Crippen molar-refractivity contribution >= 4 is 11.9 Å². The van der Waals surface area contributed by atoms with Crippen LogP contribution in [0.25, 0.3) is 0 Å². The molecule has 60 heavy (non-hydrogen) atoms. The highest BCUT2D eigenvalue weighted by atomic mass is 16.5. The molecule has 0 aliphatic heterocycles. The van der Waals surface area contributed by atoms with Crippen LogP contribution in [0.1, 0.15) is 233 Å². The van der Waals surface area contributed by atoms with Gasteiger partial charge in [-0.05, 0) is 70.6 Å². The SMILES string of the molecule is CCC/C=C/C=C/C=C/C=C/C=C/CCCCCC(CC(=O)NC(CO)C(O)CCCCCCCCCCCCCC)OC(=O)CCCCC/C=C\CCCCCCCC. The predicted molar refractivity (Wildman–Crippen MR) is 259 cm³/mol. The molecule has 0 radical (unpaired) electrons. The first-order valence-electron chi connectivity index (χ1n) is 25.2. The molecule has 6 heteroatoms. The second-order valence-corrected chi connectivity index (χ2v) is 17.0. The second-order valence-electron chi connectivity index (χ2n) is 17.0. The molecular weight excluding hydrogens is 743 g/mol. The fourth-order valence-electron chi connectivity index (χ4n) is 7.28. The second kappa shape index (κ2) is 47.4. The summed E-state index contributed by atoms with van der Waals surface area (Å²) in [5.74, 6) is -0.537. The average Bonchev–Trinajstić information content (AvgIpc) is 3.24. The molecule has 0 aliphatic carbocycles. The van der Waals surface area contributed by atoms with E-state index in [1.807, 2.05) is 36.5 Å². The molecule has 0 aromatic rings. The Kier molecular flexibility index (Phi) is 45.2. The van der Waals surface area contributed by atoms with Crippen LogP contribution in [0.4, 0.5) is 0 Å². The summed E-state index contributed by atoms with van der Waals surface area (Å²) in [5, 5.41) is 23.7. The number of unbranched alkanes of at least 4 members (excludes halogenated alkanes) is 24. The number of hydrogen-bond acceptors (Lipinski definition) is 5. The number of carbonyl (C=O) groups is 2. The van der Waals surface area contributed by atoms with Crippen molar-refractivity contribution in [1.82, 2.24) is 5.32 Å². The minimum Gasteiger partial charge on any atom is -0.462 e. The number of esters is 1. The minimum absolute atomic E-state index is 0.0411. The number of amides is 1. The third-order valence-corrected chi connectivity index (χ3v) is 11.1. The van der Waals surface area contributed by atoms with Gasteiger partial charge in [-0.15, -0.1) is 0 Å². The number of nitrogens with one attached hydrogen (secondary N) is 1. The van der Waals surface area contributed by atoms with Crippen LogP contribution in [0.2, 0.25) is 0 Å². The van der Waals surface area contributed by atoms with Crippen LogP contribution in [0.5, 0.6) is 0 Å². The maximum Gasteiger partial charge on any atom is 0.306 e. The number of allylic oxidation sites excluding steroid dienone is 12. The van der Waals surface area contributed by atoms with Crippen molar-refractivity contribution < 1.29 is 24.5 Å². The zero-order valence-electron chi connectivity index (χ0n) is 39.3. The van der Waals surface area contributed by atoms with Crippen LogP contribution in [-0.2, 0) is 14.3 Å². The van der Waals surface area contributed by atoms with Gasteiger partial charge in [-0.2, -0.15) is 0 Å². The largest absolute Gasteiger partial charge is 0.462 e. The van der Waals surface area contributed by atoms with Crippen LogP contribution in [-0.4, -0.2) is 46.9 Å². The molecular formula is C54H95NO5. The van der Waals surface area contributed by atoms with Gasteiger partial charge >= 0.3 is 5.97 Å². The molecule has 3 unspecified atom stereocenters. The van der Waals surface area contributed by atoms with Crippen molar-refractivity contribution in [2.75, 3.05) is 6.61 Å². The molecule has 0 spiro atoms. The van der Waals surface area contributed by atoms with Crippen LogP contribution < -0.4 is 5.32 Å². The highest BCUT2D eigenvalue weighted by molar-refractivity contribution is 5.77. The monoisotopic (exact) mass is 838 g/mol. The van der Waals surface area contributed by atoms with Crippen molar-refractivity contribution in [3.63, 3.8) is 0 Å². The van der Waals surface area contributed by atoms with Gasteiger partial charge in [-0.25, -0.2) is 0 Å². The molecule has 0 heterocycles. The number of aliphatic hydroxyl groups excluding tert-OH is 2. The first kappa shape index (κ1) is 57.3. The first-order valence-corrected chi connectivity index (χ1v) is 25.2. The standard InChI is InChI=1S/C54H95NO5/c1-4-7-10-13-16-19-22-25-26-27-29-30-33-36-39-42-45-50(60-54(59)47-44-41-38-35-32-28-23-20-17-14-11-8-5-2)48-53(58)55-51(49-56)52(57)46-43-40-37-34-31-24-21-18-15-12-9-6-3/h10,13,16,19,22,25-30,32,50-52,56-57H,4-9,11-12,14-15,17-18,20-21,23-24,31,33-49H2,1-3H3,(H,55,58)/b13-10+,19-16+,25-22+,27-26+,30-29+,32-28-. The Morgan fingerprint density at radius 1 is 0.483 bits per heavy atom. The maximum absolute atomic E-state index is 13.2. The van der Waals surface area contributed by atoms with Gasteiger partial charge in [0.15, 0.2) is 0 Å².